The third kappa shape index (κ3) is 2.91. The molecular formula is C12H13N3O3. The predicted octanol–water partition coefficient (Wildman–Crippen LogP) is 1.01. The maximum absolute atomic E-state index is 11.8. The van der Waals surface area contributed by atoms with Crippen molar-refractivity contribution in [3.63, 3.8) is 0 Å². The summed E-state index contributed by atoms with van der Waals surface area (Å²) in [7, 11) is 0. The molecule has 1 unspecified atom stereocenters. The molecule has 0 saturated carbocycles. The van der Waals surface area contributed by atoms with Crippen molar-refractivity contribution in [3.05, 3.63) is 35.9 Å². The van der Waals surface area contributed by atoms with E-state index >= 15 is 0 Å². The van der Waals surface area contributed by atoms with Crippen molar-refractivity contribution in [2.75, 3.05) is 0 Å². The van der Waals surface area contributed by atoms with Crippen molar-refractivity contribution < 1.29 is 14.7 Å². The molecule has 1 aromatic heterocycles. The first-order chi connectivity index (χ1) is 8.66. The molecule has 0 aromatic carbocycles. The van der Waals surface area contributed by atoms with Crippen molar-refractivity contribution in [1.29, 1.82) is 0 Å². The lowest BCUT2D eigenvalue weighted by Gasteiger charge is -2.18. The number of carboxylic acids is 1. The van der Waals surface area contributed by atoms with Gasteiger partial charge in [-0.1, -0.05) is 12.2 Å². The molecule has 1 atom stereocenters. The molecule has 1 aliphatic rings. The lowest BCUT2D eigenvalue weighted by molar-refractivity contribution is 0.0689. The molecule has 0 spiro atoms. The number of amides is 1. The quantitative estimate of drug-likeness (QED) is 0.778. The standard InChI is InChI=1S/C12H13N3O3/c16-11(15-8-4-2-1-3-5-8)9-6-14-10(7-13-9)12(17)18/h1-2,6-8H,3-5H2,(H,15,16)(H,17,18). The molecule has 1 heterocycles. The molecule has 6 heteroatoms. The number of aromatic carboxylic acids is 1. The van der Waals surface area contributed by atoms with Crippen LogP contribution in [0.15, 0.2) is 24.5 Å². The average molecular weight is 247 g/mol. The van der Waals surface area contributed by atoms with Crippen LogP contribution >= 0.6 is 0 Å². The van der Waals surface area contributed by atoms with E-state index in [1.54, 1.807) is 0 Å². The van der Waals surface area contributed by atoms with Gasteiger partial charge in [-0.05, 0) is 19.3 Å². The second kappa shape index (κ2) is 5.39. The van der Waals surface area contributed by atoms with E-state index in [1.165, 1.54) is 6.20 Å². The summed E-state index contributed by atoms with van der Waals surface area (Å²) >= 11 is 0. The first kappa shape index (κ1) is 12.2. The van der Waals surface area contributed by atoms with Crippen molar-refractivity contribution in [1.82, 2.24) is 15.3 Å². The van der Waals surface area contributed by atoms with Gasteiger partial charge in [0, 0.05) is 6.04 Å². The Morgan fingerprint density at radius 1 is 1.22 bits per heavy atom. The molecule has 94 valence electrons. The van der Waals surface area contributed by atoms with Crippen LogP contribution in [-0.4, -0.2) is 33.0 Å². The van der Waals surface area contributed by atoms with E-state index in [-0.39, 0.29) is 23.3 Å². The summed E-state index contributed by atoms with van der Waals surface area (Å²) in [5.74, 6) is -1.48. The van der Waals surface area contributed by atoms with Gasteiger partial charge in [0.25, 0.3) is 5.91 Å². The van der Waals surface area contributed by atoms with Crippen molar-refractivity contribution in [3.8, 4) is 0 Å². The Labute approximate surface area is 104 Å². The van der Waals surface area contributed by atoms with E-state index in [0.717, 1.165) is 25.5 Å². The van der Waals surface area contributed by atoms with Gasteiger partial charge in [-0.15, -0.1) is 0 Å². The minimum absolute atomic E-state index is 0.114. The molecule has 1 aliphatic carbocycles. The van der Waals surface area contributed by atoms with Crippen LogP contribution in [0.1, 0.15) is 40.2 Å². The summed E-state index contributed by atoms with van der Waals surface area (Å²) < 4.78 is 0. The number of carboxylic acid groups (broad SMARTS) is 1. The highest BCUT2D eigenvalue weighted by atomic mass is 16.4. The van der Waals surface area contributed by atoms with Crippen molar-refractivity contribution in [2.24, 2.45) is 0 Å². The summed E-state index contributed by atoms with van der Waals surface area (Å²) in [6, 6.07) is 0.114. The third-order valence-electron chi connectivity index (χ3n) is 2.71. The maximum Gasteiger partial charge on any atom is 0.356 e. The Hall–Kier alpha value is -2.24. The zero-order chi connectivity index (χ0) is 13.0. The van der Waals surface area contributed by atoms with E-state index in [1.807, 2.05) is 6.08 Å². The van der Waals surface area contributed by atoms with E-state index in [9.17, 15) is 9.59 Å². The highest BCUT2D eigenvalue weighted by molar-refractivity contribution is 5.92. The van der Waals surface area contributed by atoms with Crippen LogP contribution in [0.25, 0.3) is 0 Å². The van der Waals surface area contributed by atoms with Crippen LogP contribution in [0, 0.1) is 0 Å². The smallest absolute Gasteiger partial charge is 0.356 e. The molecule has 18 heavy (non-hydrogen) atoms. The lowest BCUT2D eigenvalue weighted by Crippen LogP contribution is -2.35. The summed E-state index contributed by atoms with van der Waals surface area (Å²) in [5.41, 5.74) is -0.0401. The minimum Gasteiger partial charge on any atom is -0.476 e. The van der Waals surface area contributed by atoms with Gasteiger partial charge >= 0.3 is 5.97 Å². The van der Waals surface area contributed by atoms with Crippen molar-refractivity contribution >= 4 is 11.9 Å². The Balaban J connectivity index is 2.00. The van der Waals surface area contributed by atoms with Gasteiger partial charge in [0.2, 0.25) is 0 Å². The zero-order valence-electron chi connectivity index (χ0n) is 9.67. The van der Waals surface area contributed by atoms with Crippen molar-refractivity contribution in [2.45, 2.75) is 25.3 Å². The molecule has 1 aromatic rings. The first-order valence-corrected chi connectivity index (χ1v) is 5.68. The van der Waals surface area contributed by atoms with Gasteiger partial charge < -0.3 is 10.4 Å². The number of aromatic nitrogens is 2. The molecule has 0 bridgehead atoms. The number of carbonyl (C=O) groups excluding carboxylic acids is 1. The van der Waals surface area contributed by atoms with E-state index < -0.39 is 5.97 Å². The number of hydrogen-bond acceptors (Lipinski definition) is 4. The van der Waals surface area contributed by atoms with E-state index in [2.05, 4.69) is 21.4 Å². The molecular weight excluding hydrogens is 234 g/mol. The van der Waals surface area contributed by atoms with Crippen LogP contribution < -0.4 is 5.32 Å². The molecule has 0 radical (unpaired) electrons. The van der Waals surface area contributed by atoms with Gasteiger partial charge in [0.1, 0.15) is 5.69 Å². The van der Waals surface area contributed by atoms with Gasteiger partial charge in [-0.3, -0.25) is 4.79 Å². The topological polar surface area (TPSA) is 92.2 Å². The van der Waals surface area contributed by atoms with Gasteiger partial charge in [-0.2, -0.15) is 0 Å². The Bertz CT molecular complexity index is 482. The molecule has 1 amide bonds. The highest BCUT2D eigenvalue weighted by Crippen LogP contribution is 2.11. The van der Waals surface area contributed by atoms with Crippen LogP contribution in [-0.2, 0) is 0 Å². The minimum atomic E-state index is -1.16. The van der Waals surface area contributed by atoms with Crippen LogP contribution in [0.4, 0.5) is 0 Å². The molecule has 6 nitrogen and oxygen atoms in total. The van der Waals surface area contributed by atoms with Gasteiger partial charge in [0.15, 0.2) is 5.69 Å². The fourth-order valence-corrected chi connectivity index (χ4v) is 1.74. The fourth-order valence-electron chi connectivity index (χ4n) is 1.74. The Morgan fingerprint density at radius 3 is 2.50 bits per heavy atom. The SMILES string of the molecule is O=C(O)c1cnc(C(=O)NC2CC=CCC2)cn1. The summed E-state index contributed by atoms with van der Waals surface area (Å²) in [6.07, 6.45) is 9.05. The van der Waals surface area contributed by atoms with Gasteiger partial charge in [-0.25, -0.2) is 14.8 Å². The second-order valence-corrected chi connectivity index (χ2v) is 4.05. The van der Waals surface area contributed by atoms with E-state index in [0.29, 0.717) is 0 Å². The summed E-state index contributed by atoms with van der Waals surface area (Å²) in [6.45, 7) is 0. The first-order valence-electron chi connectivity index (χ1n) is 5.68. The van der Waals surface area contributed by atoms with Gasteiger partial charge in [0.05, 0.1) is 12.4 Å². The fraction of sp³-hybridized carbons (Fsp3) is 0.333. The molecule has 0 aliphatic heterocycles. The van der Waals surface area contributed by atoms with Crippen LogP contribution in [0.2, 0.25) is 0 Å². The van der Waals surface area contributed by atoms with Crippen LogP contribution in [0.3, 0.4) is 0 Å². The number of nitrogens with zero attached hydrogens (tertiary/aromatic N) is 2. The number of carbonyl (C=O) groups is 2. The lowest BCUT2D eigenvalue weighted by atomic mass is 10.0. The van der Waals surface area contributed by atoms with Crippen LogP contribution in [0.5, 0.6) is 0 Å². The Kier molecular flexibility index (Phi) is 3.66. The maximum atomic E-state index is 11.8. The molecule has 2 N–H and O–H groups in total. The summed E-state index contributed by atoms with van der Waals surface area (Å²) in [5, 5.41) is 11.5. The monoisotopic (exact) mass is 247 g/mol. The third-order valence-corrected chi connectivity index (χ3v) is 2.71. The Morgan fingerprint density at radius 2 is 1.94 bits per heavy atom. The second-order valence-electron chi connectivity index (χ2n) is 4.05. The molecule has 0 saturated heterocycles. The number of rotatable bonds is 3. The predicted molar refractivity (Wildman–Crippen MR) is 63.2 cm³/mol. The average Bonchev–Trinajstić information content (AvgIpc) is 2.40. The number of nitrogens with one attached hydrogen (secondary N) is 1. The summed E-state index contributed by atoms with van der Waals surface area (Å²) in [4.78, 5) is 29.8. The van der Waals surface area contributed by atoms with E-state index in [4.69, 9.17) is 5.11 Å². The molecule has 2 rings (SSSR count). The normalized spacial score (nSPS) is 18.3. The number of hydrogen-bond donors (Lipinski definition) is 2. The zero-order valence-corrected chi connectivity index (χ0v) is 9.67. The highest BCUT2D eigenvalue weighted by Gasteiger charge is 2.16. The number of allylic oxidation sites excluding steroid dienone is 1. The largest absolute Gasteiger partial charge is 0.476 e. The molecule has 0 fully saturated rings.